The molecule has 1 saturated heterocycles. The molecule has 0 amide bonds. The van der Waals surface area contributed by atoms with Crippen molar-refractivity contribution in [1.29, 1.82) is 0 Å². The molecule has 1 aliphatic heterocycles. The summed E-state index contributed by atoms with van der Waals surface area (Å²) in [4.78, 5) is 25.9. The van der Waals surface area contributed by atoms with Crippen LogP contribution in [-0.4, -0.2) is 25.0 Å². The van der Waals surface area contributed by atoms with Crippen molar-refractivity contribution >= 4 is 17.3 Å². The van der Waals surface area contributed by atoms with Crippen LogP contribution in [0.5, 0.6) is 0 Å². The number of carbonyl (C=O) groups is 2. The molecule has 1 fully saturated rings. The molecule has 156 valence electrons. The molecular formula is C25H32O4. The van der Waals surface area contributed by atoms with Crippen LogP contribution in [0.4, 0.5) is 0 Å². The van der Waals surface area contributed by atoms with Gasteiger partial charge >= 0.3 is 5.97 Å². The number of hydrogen-bond acceptors (Lipinski definition) is 4. The fourth-order valence-electron chi connectivity index (χ4n) is 4.72. The Balaban J connectivity index is 2.17. The second-order valence-electron chi connectivity index (χ2n) is 8.32. The van der Waals surface area contributed by atoms with Crippen LogP contribution in [0.25, 0.3) is 5.57 Å². The first-order valence-corrected chi connectivity index (χ1v) is 10.7. The summed E-state index contributed by atoms with van der Waals surface area (Å²) in [7, 11) is 0. The zero-order chi connectivity index (χ0) is 21.0. The number of aryl methyl sites for hydroxylation is 3. The summed E-state index contributed by atoms with van der Waals surface area (Å²) in [5.74, 6) is 0.281. The van der Waals surface area contributed by atoms with Crippen molar-refractivity contribution < 1.29 is 19.1 Å². The SMILES string of the molecule is C=CCC(=O)OC1=C(c2c(CC)cc(C)cc2CC)C(=O)CC2(CCOCC2)C1. The van der Waals surface area contributed by atoms with Gasteiger partial charge in [0, 0.05) is 26.1 Å². The highest BCUT2D eigenvalue weighted by atomic mass is 16.5. The highest BCUT2D eigenvalue weighted by molar-refractivity contribution is 6.23. The molecule has 4 nitrogen and oxygen atoms in total. The molecule has 2 aliphatic rings. The Labute approximate surface area is 174 Å². The van der Waals surface area contributed by atoms with E-state index in [2.05, 4.69) is 39.5 Å². The van der Waals surface area contributed by atoms with Gasteiger partial charge in [-0.1, -0.05) is 37.6 Å². The molecule has 1 spiro atoms. The molecule has 0 N–H and O–H groups in total. The van der Waals surface area contributed by atoms with E-state index in [0.717, 1.165) is 42.4 Å². The highest BCUT2D eigenvalue weighted by Crippen LogP contribution is 2.48. The van der Waals surface area contributed by atoms with E-state index in [1.807, 2.05) is 0 Å². The highest BCUT2D eigenvalue weighted by Gasteiger charge is 2.43. The average Bonchev–Trinajstić information content (AvgIpc) is 2.68. The van der Waals surface area contributed by atoms with E-state index in [9.17, 15) is 9.59 Å². The molecule has 3 rings (SSSR count). The van der Waals surface area contributed by atoms with Crippen LogP contribution in [0.3, 0.4) is 0 Å². The van der Waals surface area contributed by atoms with Crippen LogP contribution in [-0.2, 0) is 31.9 Å². The molecule has 0 aromatic heterocycles. The quantitative estimate of drug-likeness (QED) is 0.495. The topological polar surface area (TPSA) is 52.6 Å². The maximum Gasteiger partial charge on any atom is 0.314 e. The lowest BCUT2D eigenvalue weighted by Gasteiger charge is -2.41. The summed E-state index contributed by atoms with van der Waals surface area (Å²) in [5.41, 5.74) is 4.92. The van der Waals surface area contributed by atoms with Gasteiger partial charge < -0.3 is 9.47 Å². The summed E-state index contributed by atoms with van der Waals surface area (Å²) in [6.45, 7) is 11.2. The maximum atomic E-state index is 13.5. The monoisotopic (exact) mass is 396 g/mol. The van der Waals surface area contributed by atoms with E-state index in [1.165, 1.54) is 11.6 Å². The smallest absolute Gasteiger partial charge is 0.314 e. The number of Topliss-reactive ketones (excluding diaryl/α,β-unsaturated/α-hetero) is 1. The molecule has 0 saturated carbocycles. The number of carbonyl (C=O) groups excluding carboxylic acids is 2. The van der Waals surface area contributed by atoms with Gasteiger partial charge in [-0.25, -0.2) is 0 Å². The third-order valence-electron chi connectivity index (χ3n) is 6.19. The zero-order valence-corrected chi connectivity index (χ0v) is 17.9. The third-order valence-corrected chi connectivity index (χ3v) is 6.19. The Morgan fingerprint density at radius 3 is 2.34 bits per heavy atom. The molecular weight excluding hydrogens is 364 g/mol. The lowest BCUT2D eigenvalue weighted by Crippen LogP contribution is -2.37. The van der Waals surface area contributed by atoms with E-state index in [0.29, 0.717) is 37.4 Å². The molecule has 0 radical (unpaired) electrons. The molecule has 29 heavy (non-hydrogen) atoms. The molecule has 1 aromatic rings. The summed E-state index contributed by atoms with van der Waals surface area (Å²) in [5, 5.41) is 0. The minimum atomic E-state index is -0.354. The van der Waals surface area contributed by atoms with Crippen molar-refractivity contribution in [3.05, 3.63) is 52.8 Å². The van der Waals surface area contributed by atoms with Crippen LogP contribution >= 0.6 is 0 Å². The number of hydrogen-bond donors (Lipinski definition) is 0. The van der Waals surface area contributed by atoms with Gasteiger partial charge in [0.1, 0.15) is 5.76 Å². The lowest BCUT2D eigenvalue weighted by atomic mass is 9.67. The van der Waals surface area contributed by atoms with Gasteiger partial charge in [-0.05, 0) is 54.7 Å². The van der Waals surface area contributed by atoms with Gasteiger partial charge in [0.15, 0.2) is 5.78 Å². The van der Waals surface area contributed by atoms with Gasteiger partial charge in [0.25, 0.3) is 0 Å². The van der Waals surface area contributed by atoms with Gasteiger partial charge in [0.2, 0.25) is 0 Å². The third kappa shape index (κ3) is 4.53. The Morgan fingerprint density at radius 2 is 1.79 bits per heavy atom. The maximum absolute atomic E-state index is 13.5. The van der Waals surface area contributed by atoms with E-state index in [-0.39, 0.29) is 23.6 Å². The first-order valence-electron chi connectivity index (χ1n) is 10.7. The molecule has 0 unspecified atom stereocenters. The van der Waals surface area contributed by atoms with Crippen molar-refractivity contribution in [1.82, 2.24) is 0 Å². The fourth-order valence-corrected chi connectivity index (χ4v) is 4.72. The molecule has 0 atom stereocenters. The minimum Gasteiger partial charge on any atom is -0.430 e. The van der Waals surface area contributed by atoms with Crippen molar-refractivity contribution in [2.75, 3.05) is 13.2 Å². The summed E-state index contributed by atoms with van der Waals surface area (Å²) >= 11 is 0. The van der Waals surface area contributed by atoms with Gasteiger partial charge in [0.05, 0.1) is 12.0 Å². The predicted octanol–water partition coefficient (Wildman–Crippen LogP) is 5.11. The normalized spacial score (nSPS) is 18.8. The Hall–Kier alpha value is -2.20. The largest absolute Gasteiger partial charge is 0.430 e. The van der Waals surface area contributed by atoms with Gasteiger partial charge in [-0.3, -0.25) is 9.59 Å². The summed E-state index contributed by atoms with van der Waals surface area (Å²) < 4.78 is 11.4. The molecule has 1 aromatic carbocycles. The Bertz CT molecular complexity index is 815. The Kier molecular flexibility index (Phi) is 6.74. The summed E-state index contributed by atoms with van der Waals surface area (Å²) in [6, 6.07) is 4.30. The van der Waals surface area contributed by atoms with E-state index in [4.69, 9.17) is 9.47 Å². The lowest BCUT2D eigenvalue weighted by molar-refractivity contribution is -0.139. The minimum absolute atomic E-state index is 0.0906. The fraction of sp³-hybridized carbons (Fsp3) is 0.520. The van der Waals surface area contributed by atoms with Crippen molar-refractivity contribution in [2.24, 2.45) is 5.41 Å². The standard InChI is InChI=1S/C25H32O4/c1-5-8-22(27)29-21-16-25(9-11-28-12-10-25)15-20(26)24(21)23-18(6-2)13-17(4)14-19(23)7-3/h5,13-14H,1,6-12,15-16H2,2-4H3. The summed E-state index contributed by atoms with van der Waals surface area (Å²) in [6.07, 6.45) is 6.08. The van der Waals surface area contributed by atoms with Crippen LogP contribution < -0.4 is 0 Å². The number of benzene rings is 1. The molecule has 1 aliphatic carbocycles. The first kappa shape index (κ1) is 21.5. The van der Waals surface area contributed by atoms with Crippen molar-refractivity contribution in [3.8, 4) is 0 Å². The van der Waals surface area contributed by atoms with Crippen molar-refractivity contribution in [3.63, 3.8) is 0 Å². The number of ketones is 1. The predicted molar refractivity (Wildman–Crippen MR) is 114 cm³/mol. The van der Waals surface area contributed by atoms with Crippen LogP contribution in [0, 0.1) is 12.3 Å². The number of allylic oxidation sites excluding steroid dienone is 2. The van der Waals surface area contributed by atoms with E-state index >= 15 is 0 Å². The van der Waals surface area contributed by atoms with E-state index in [1.54, 1.807) is 0 Å². The number of rotatable bonds is 6. The van der Waals surface area contributed by atoms with E-state index < -0.39 is 0 Å². The first-order chi connectivity index (χ1) is 13.9. The van der Waals surface area contributed by atoms with Crippen LogP contribution in [0.15, 0.2) is 30.5 Å². The zero-order valence-electron chi connectivity index (χ0n) is 17.9. The van der Waals surface area contributed by atoms with Crippen molar-refractivity contribution in [2.45, 2.75) is 65.7 Å². The van der Waals surface area contributed by atoms with Crippen LogP contribution in [0.2, 0.25) is 0 Å². The Morgan fingerprint density at radius 1 is 1.17 bits per heavy atom. The molecule has 4 heteroatoms. The molecule has 1 heterocycles. The molecule has 0 bridgehead atoms. The number of ether oxygens (including phenoxy) is 2. The van der Waals surface area contributed by atoms with Gasteiger partial charge in [-0.15, -0.1) is 6.58 Å². The average molecular weight is 397 g/mol. The van der Waals surface area contributed by atoms with Gasteiger partial charge in [-0.2, -0.15) is 0 Å². The van der Waals surface area contributed by atoms with Crippen LogP contribution in [0.1, 0.15) is 68.2 Å². The second kappa shape index (κ2) is 9.08. The second-order valence-corrected chi connectivity index (χ2v) is 8.32. The number of esters is 1.